The first-order valence-corrected chi connectivity index (χ1v) is 13.3. The van der Waals surface area contributed by atoms with Crippen LogP contribution in [0.15, 0.2) is 127 Å². The highest BCUT2D eigenvalue weighted by atomic mass is 16.6. The van der Waals surface area contributed by atoms with Gasteiger partial charge in [0.2, 0.25) is 5.91 Å². The molecule has 0 aliphatic carbocycles. The molecule has 0 saturated carbocycles. The number of imide groups is 1. The van der Waals surface area contributed by atoms with Crippen LogP contribution in [0.2, 0.25) is 0 Å². The quantitative estimate of drug-likeness (QED) is 0.228. The van der Waals surface area contributed by atoms with E-state index in [9.17, 15) is 9.59 Å². The Hall–Kier alpha value is -4.90. The van der Waals surface area contributed by atoms with E-state index in [2.05, 4.69) is 0 Å². The summed E-state index contributed by atoms with van der Waals surface area (Å²) in [5, 5.41) is 2.00. The lowest BCUT2D eigenvalue weighted by atomic mass is 9.77. The maximum atomic E-state index is 14.3. The Morgan fingerprint density at radius 1 is 0.775 bits per heavy atom. The molecule has 2 amide bonds. The smallest absolute Gasteiger partial charge is 0.418 e. The number of ether oxygens (including phenoxy) is 2. The largest absolute Gasteiger partial charge is 0.497 e. The molecule has 1 aliphatic rings. The van der Waals surface area contributed by atoms with Gasteiger partial charge in [0.1, 0.15) is 11.8 Å². The van der Waals surface area contributed by atoms with Gasteiger partial charge < -0.3 is 9.47 Å². The number of fused-ring (bicyclic) bond motifs is 1. The Balaban J connectivity index is 1.48. The lowest BCUT2D eigenvalue weighted by molar-refractivity contribution is -0.131. The van der Waals surface area contributed by atoms with Crippen molar-refractivity contribution in [2.45, 2.75) is 24.5 Å². The minimum atomic E-state index is -1.23. The third-order valence-corrected chi connectivity index (χ3v) is 7.79. The van der Waals surface area contributed by atoms with Crippen LogP contribution < -0.4 is 4.74 Å². The van der Waals surface area contributed by atoms with Crippen LogP contribution in [0.5, 0.6) is 5.75 Å². The van der Waals surface area contributed by atoms with Crippen LogP contribution in [0.25, 0.3) is 10.8 Å². The van der Waals surface area contributed by atoms with E-state index in [1.807, 2.05) is 134 Å². The highest BCUT2D eigenvalue weighted by molar-refractivity contribution is 5.99. The van der Waals surface area contributed by atoms with E-state index in [4.69, 9.17) is 9.47 Å². The number of methoxy groups -OCH3 is 1. The molecular formula is C35H29NO4. The monoisotopic (exact) mass is 527 g/mol. The third-order valence-electron chi connectivity index (χ3n) is 7.79. The fourth-order valence-corrected chi connectivity index (χ4v) is 5.73. The predicted octanol–water partition coefficient (Wildman–Crippen LogP) is 7.62. The fourth-order valence-electron chi connectivity index (χ4n) is 5.73. The molecule has 1 fully saturated rings. The molecule has 0 aromatic heterocycles. The Bertz CT molecular complexity index is 1630. The van der Waals surface area contributed by atoms with Crippen molar-refractivity contribution in [3.8, 4) is 5.75 Å². The standard InChI is InChI=1S/C35H29NO4/c1-24(26-18-19-28-23-31(39-2)21-20-27(28)22-26)33(37)36-32(25-12-6-3-7-13-25)35(40-34(36)38,29-14-8-4-9-15-29)30-16-10-5-11-17-30/h3-24,32H,1-2H3/t24-,32+/m0/s1. The van der Waals surface area contributed by atoms with Crippen molar-refractivity contribution < 1.29 is 19.1 Å². The van der Waals surface area contributed by atoms with Crippen molar-refractivity contribution in [3.05, 3.63) is 150 Å². The van der Waals surface area contributed by atoms with Gasteiger partial charge in [-0.05, 0) is 41.0 Å². The van der Waals surface area contributed by atoms with Crippen LogP contribution in [0, 0.1) is 0 Å². The van der Waals surface area contributed by atoms with Crippen molar-refractivity contribution in [2.75, 3.05) is 7.11 Å². The molecule has 5 aromatic carbocycles. The van der Waals surface area contributed by atoms with E-state index in [-0.39, 0.29) is 5.91 Å². The Kier molecular flexibility index (Phi) is 6.56. The molecule has 5 nitrogen and oxygen atoms in total. The molecule has 0 spiro atoms. The van der Waals surface area contributed by atoms with Crippen LogP contribution in [-0.2, 0) is 15.1 Å². The zero-order chi connectivity index (χ0) is 27.7. The van der Waals surface area contributed by atoms with Gasteiger partial charge in [0.25, 0.3) is 0 Å². The molecule has 1 aliphatic heterocycles. The number of carbonyl (C=O) groups is 2. The van der Waals surface area contributed by atoms with Crippen LogP contribution in [0.4, 0.5) is 4.79 Å². The zero-order valence-electron chi connectivity index (χ0n) is 22.4. The first-order chi connectivity index (χ1) is 19.5. The SMILES string of the molecule is COc1ccc2cc([C@H](C)C(=O)N3C(=O)OC(c4ccccc4)(c4ccccc4)[C@H]3c3ccccc3)ccc2c1. The number of carbonyl (C=O) groups excluding carboxylic acids is 2. The summed E-state index contributed by atoms with van der Waals surface area (Å²) in [7, 11) is 1.64. The summed E-state index contributed by atoms with van der Waals surface area (Å²) in [6.45, 7) is 1.84. The number of amides is 2. The van der Waals surface area contributed by atoms with Gasteiger partial charge in [-0.1, -0.05) is 115 Å². The number of cyclic esters (lactones) is 1. The molecule has 1 saturated heterocycles. The van der Waals surface area contributed by atoms with Crippen molar-refractivity contribution in [1.82, 2.24) is 4.90 Å². The van der Waals surface area contributed by atoms with Gasteiger partial charge in [-0.3, -0.25) is 4.79 Å². The van der Waals surface area contributed by atoms with E-state index >= 15 is 0 Å². The molecular weight excluding hydrogens is 498 g/mol. The Morgan fingerprint density at radius 2 is 1.32 bits per heavy atom. The first kappa shape index (κ1) is 25.4. The molecule has 6 rings (SSSR count). The summed E-state index contributed by atoms with van der Waals surface area (Å²) in [5.74, 6) is -0.138. The number of rotatable bonds is 6. The summed E-state index contributed by atoms with van der Waals surface area (Å²) >= 11 is 0. The Labute approximate surface area is 233 Å². The lowest BCUT2D eigenvalue weighted by Crippen LogP contribution is -2.41. The van der Waals surface area contributed by atoms with Crippen molar-refractivity contribution in [3.63, 3.8) is 0 Å². The number of benzene rings is 5. The topological polar surface area (TPSA) is 55.8 Å². The number of hydrogen-bond acceptors (Lipinski definition) is 4. The molecule has 198 valence electrons. The molecule has 0 bridgehead atoms. The summed E-state index contributed by atoms with van der Waals surface area (Å²) in [6, 6.07) is 40.0. The normalized spacial score (nSPS) is 16.9. The van der Waals surface area contributed by atoms with Crippen LogP contribution in [0.1, 0.15) is 41.1 Å². The number of nitrogens with zero attached hydrogens (tertiary/aromatic N) is 1. The highest BCUT2D eigenvalue weighted by Gasteiger charge is 2.59. The molecule has 5 aromatic rings. The van der Waals surface area contributed by atoms with Crippen molar-refractivity contribution in [1.29, 1.82) is 0 Å². The van der Waals surface area contributed by atoms with Gasteiger partial charge in [-0.2, -0.15) is 0 Å². The van der Waals surface area contributed by atoms with E-state index in [1.165, 1.54) is 4.90 Å². The first-order valence-electron chi connectivity index (χ1n) is 13.3. The van der Waals surface area contributed by atoms with Crippen LogP contribution >= 0.6 is 0 Å². The molecule has 1 heterocycles. The second kappa shape index (κ2) is 10.3. The van der Waals surface area contributed by atoms with Crippen LogP contribution in [-0.4, -0.2) is 24.0 Å². The van der Waals surface area contributed by atoms with E-state index in [0.717, 1.165) is 38.8 Å². The molecule has 0 unspecified atom stereocenters. The van der Waals surface area contributed by atoms with Gasteiger partial charge >= 0.3 is 6.09 Å². The zero-order valence-corrected chi connectivity index (χ0v) is 22.4. The second-order valence-corrected chi connectivity index (χ2v) is 10.1. The van der Waals surface area contributed by atoms with Crippen LogP contribution in [0.3, 0.4) is 0 Å². The van der Waals surface area contributed by atoms with Gasteiger partial charge in [-0.15, -0.1) is 0 Å². The summed E-state index contributed by atoms with van der Waals surface area (Å²) in [4.78, 5) is 29.5. The number of hydrogen-bond donors (Lipinski definition) is 0. The van der Waals surface area contributed by atoms with Gasteiger partial charge in [-0.25, -0.2) is 9.69 Å². The Morgan fingerprint density at radius 3 is 1.93 bits per heavy atom. The lowest BCUT2D eigenvalue weighted by Gasteiger charge is -2.36. The predicted molar refractivity (Wildman–Crippen MR) is 155 cm³/mol. The van der Waals surface area contributed by atoms with E-state index in [0.29, 0.717) is 0 Å². The molecule has 0 radical (unpaired) electrons. The fraction of sp³-hybridized carbons (Fsp3) is 0.143. The minimum absolute atomic E-state index is 0.319. The van der Waals surface area contributed by atoms with Crippen molar-refractivity contribution >= 4 is 22.8 Å². The molecule has 2 atom stereocenters. The van der Waals surface area contributed by atoms with E-state index in [1.54, 1.807) is 7.11 Å². The summed E-state index contributed by atoms with van der Waals surface area (Å²) in [6.07, 6.45) is -0.663. The summed E-state index contributed by atoms with van der Waals surface area (Å²) in [5.41, 5.74) is 2.00. The van der Waals surface area contributed by atoms with Gasteiger partial charge in [0.05, 0.1) is 13.0 Å². The van der Waals surface area contributed by atoms with Gasteiger partial charge in [0, 0.05) is 11.1 Å². The second-order valence-electron chi connectivity index (χ2n) is 10.1. The maximum absolute atomic E-state index is 14.3. The average Bonchev–Trinajstić information content (AvgIpc) is 3.34. The highest BCUT2D eigenvalue weighted by Crippen LogP contribution is 2.53. The summed E-state index contributed by atoms with van der Waals surface area (Å²) < 4.78 is 11.7. The maximum Gasteiger partial charge on any atom is 0.418 e. The minimum Gasteiger partial charge on any atom is -0.497 e. The molecule has 5 heteroatoms. The molecule has 40 heavy (non-hydrogen) atoms. The van der Waals surface area contributed by atoms with Crippen molar-refractivity contribution in [2.24, 2.45) is 0 Å². The molecule has 0 N–H and O–H groups in total. The third kappa shape index (κ3) is 4.20. The van der Waals surface area contributed by atoms with Gasteiger partial charge in [0.15, 0.2) is 5.60 Å². The average molecular weight is 528 g/mol. The van der Waals surface area contributed by atoms with E-state index < -0.39 is 23.7 Å².